The van der Waals surface area contributed by atoms with E-state index in [0.717, 1.165) is 43.5 Å². The molecule has 2 N–H and O–H groups in total. The topological polar surface area (TPSA) is 63.4 Å². The average molecular weight is 385 g/mol. The van der Waals surface area contributed by atoms with Gasteiger partial charge in [-0.15, -0.1) is 12.4 Å². The predicted octanol–water partition coefficient (Wildman–Crippen LogP) is 2.88. The van der Waals surface area contributed by atoms with E-state index < -0.39 is 21.8 Å². The van der Waals surface area contributed by atoms with E-state index in [0.29, 0.717) is 13.1 Å². The number of nitrogens with two attached hydrogens (primary N) is 1. The molecule has 9 heteroatoms. The van der Waals surface area contributed by atoms with Crippen molar-refractivity contribution in [2.75, 3.05) is 13.1 Å². The number of alkyl halides is 3. The molecule has 0 spiro atoms. The fourth-order valence-corrected chi connectivity index (χ4v) is 5.17. The molecule has 0 bridgehead atoms. The highest BCUT2D eigenvalue weighted by atomic mass is 35.5. The summed E-state index contributed by atoms with van der Waals surface area (Å²) >= 11 is 0. The summed E-state index contributed by atoms with van der Waals surface area (Å²) in [5.74, 6) is 0.399. The Morgan fingerprint density at radius 2 is 1.71 bits per heavy atom. The maximum atomic E-state index is 12.6. The number of halogens is 4. The van der Waals surface area contributed by atoms with Gasteiger partial charge in [-0.05, 0) is 48.9 Å². The molecule has 1 aliphatic heterocycles. The summed E-state index contributed by atoms with van der Waals surface area (Å²) in [6.07, 6.45) is -1.62. The zero-order valence-electron chi connectivity index (χ0n) is 12.9. The Balaban J connectivity index is 0.00000208. The van der Waals surface area contributed by atoms with Crippen LogP contribution in [0, 0.1) is 11.8 Å². The molecule has 1 saturated carbocycles. The Kier molecular flexibility index (Phi) is 5.54. The number of nitrogens with zero attached hydrogens (tertiary/aromatic N) is 1. The fourth-order valence-electron chi connectivity index (χ4n) is 3.64. The third-order valence-corrected chi connectivity index (χ3v) is 6.79. The van der Waals surface area contributed by atoms with Crippen LogP contribution in [-0.2, 0) is 16.2 Å². The molecule has 1 aromatic rings. The first kappa shape index (κ1) is 19.5. The maximum absolute atomic E-state index is 12.6. The van der Waals surface area contributed by atoms with Crippen LogP contribution < -0.4 is 5.73 Å². The van der Waals surface area contributed by atoms with Crippen molar-refractivity contribution in [3.8, 4) is 0 Å². The Bertz CT molecular complexity index is 679. The zero-order valence-corrected chi connectivity index (χ0v) is 14.5. The van der Waals surface area contributed by atoms with Gasteiger partial charge in [-0.25, -0.2) is 8.42 Å². The van der Waals surface area contributed by atoms with Crippen LogP contribution in [-0.4, -0.2) is 31.9 Å². The Labute approximate surface area is 145 Å². The summed E-state index contributed by atoms with van der Waals surface area (Å²) < 4.78 is 64.4. The lowest BCUT2D eigenvalue weighted by Crippen LogP contribution is -2.38. The molecule has 0 radical (unpaired) electrons. The van der Waals surface area contributed by atoms with Crippen LogP contribution in [0.5, 0.6) is 0 Å². The molecule has 0 amide bonds. The van der Waals surface area contributed by atoms with Gasteiger partial charge >= 0.3 is 6.18 Å². The maximum Gasteiger partial charge on any atom is 0.416 e. The Morgan fingerprint density at radius 3 is 2.25 bits per heavy atom. The van der Waals surface area contributed by atoms with Crippen LogP contribution in [0.25, 0.3) is 0 Å². The van der Waals surface area contributed by atoms with E-state index in [1.165, 1.54) is 4.31 Å². The quantitative estimate of drug-likeness (QED) is 0.852. The molecule has 2 fully saturated rings. The summed E-state index contributed by atoms with van der Waals surface area (Å²) in [7, 11) is -3.77. The van der Waals surface area contributed by atoms with Crippen LogP contribution in [0.1, 0.15) is 24.8 Å². The van der Waals surface area contributed by atoms with E-state index in [2.05, 4.69) is 0 Å². The van der Waals surface area contributed by atoms with Gasteiger partial charge in [0.05, 0.1) is 10.5 Å². The SMILES string of the molecule is Cl.NC1CCCC2CN(S(=O)(=O)c3ccc(C(F)(F)F)cc3)CC12. The van der Waals surface area contributed by atoms with E-state index in [4.69, 9.17) is 5.73 Å². The normalized spacial score (nSPS) is 28.2. The third kappa shape index (κ3) is 3.56. The second kappa shape index (κ2) is 6.82. The summed E-state index contributed by atoms with van der Waals surface area (Å²) in [5.41, 5.74) is 5.23. The molecule has 3 rings (SSSR count). The van der Waals surface area contributed by atoms with Gasteiger partial charge in [0.2, 0.25) is 10.0 Å². The van der Waals surface area contributed by atoms with Crippen LogP contribution in [0.2, 0.25) is 0 Å². The minimum absolute atomic E-state index is 0. The van der Waals surface area contributed by atoms with Crippen molar-refractivity contribution >= 4 is 22.4 Å². The van der Waals surface area contributed by atoms with Crippen LogP contribution >= 0.6 is 12.4 Å². The second-order valence-corrected chi connectivity index (χ2v) is 8.30. The molecule has 24 heavy (non-hydrogen) atoms. The lowest BCUT2D eigenvalue weighted by molar-refractivity contribution is -0.137. The minimum atomic E-state index is -4.47. The van der Waals surface area contributed by atoms with Gasteiger partial charge in [-0.3, -0.25) is 0 Å². The Morgan fingerprint density at radius 1 is 1.08 bits per heavy atom. The lowest BCUT2D eigenvalue weighted by atomic mass is 9.78. The number of benzene rings is 1. The van der Waals surface area contributed by atoms with E-state index in [-0.39, 0.29) is 35.2 Å². The van der Waals surface area contributed by atoms with E-state index in [9.17, 15) is 21.6 Å². The number of fused-ring (bicyclic) bond motifs is 1. The first-order valence-electron chi connectivity index (χ1n) is 7.62. The first-order valence-corrected chi connectivity index (χ1v) is 9.06. The highest BCUT2D eigenvalue weighted by molar-refractivity contribution is 7.89. The standard InChI is InChI=1S/C15H19F3N2O2S.ClH/c16-15(17,18)11-4-6-12(7-5-11)23(21,22)20-8-10-2-1-3-14(19)13(10)9-20;/h4-7,10,13-14H,1-3,8-9,19H2;1H. The minimum Gasteiger partial charge on any atom is -0.327 e. The molecule has 136 valence electrons. The summed E-state index contributed by atoms with van der Waals surface area (Å²) in [4.78, 5) is -0.0993. The lowest BCUT2D eigenvalue weighted by Gasteiger charge is -2.29. The number of hydrogen-bond acceptors (Lipinski definition) is 3. The molecule has 1 heterocycles. The van der Waals surface area contributed by atoms with Gasteiger partial charge in [-0.1, -0.05) is 6.42 Å². The van der Waals surface area contributed by atoms with Crippen molar-refractivity contribution in [2.24, 2.45) is 17.6 Å². The van der Waals surface area contributed by atoms with Crippen LogP contribution in [0.15, 0.2) is 29.2 Å². The molecule has 1 aromatic carbocycles. The van der Waals surface area contributed by atoms with Crippen molar-refractivity contribution in [2.45, 2.75) is 36.4 Å². The molecule has 2 aliphatic rings. The van der Waals surface area contributed by atoms with E-state index in [1.54, 1.807) is 0 Å². The predicted molar refractivity (Wildman–Crippen MR) is 86.3 cm³/mol. The second-order valence-electron chi connectivity index (χ2n) is 6.36. The van der Waals surface area contributed by atoms with E-state index in [1.807, 2.05) is 0 Å². The van der Waals surface area contributed by atoms with Gasteiger partial charge in [0.1, 0.15) is 0 Å². The summed E-state index contributed by atoms with van der Waals surface area (Å²) in [5, 5.41) is 0. The molecular formula is C15H20ClF3N2O2S. The highest BCUT2D eigenvalue weighted by Gasteiger charge is 2.43. The molecule has 3 unspecified atom stereocenters. The highest BCUT2D eigenvalue weighted by Crippen LogP contribution is 2.38. The Hall–Kier alpha value is -0.830. The average Bonchev–Trinajstić information content (AvgIpc) is 2.93. The van der Waals surface area contributed by atoms with Crippen molar-refractivity contribution < 1.29 is 21.6 Å². The molecular weight excluding hydrogens is 365 g/mol. The van der Waals surface area contributed by atoms with Crippen molar-refractivity contribution in [3.05, 3.63) is 29.8 Å². The molecule has 4 nitrogen and oxygen atoms in total. The van der Waals surface area contributed by atoms with Gasteiger partial charge in [-0.2, -0.15) is 17.5 Å². The van der Waals surface area contributed by atoms with Gasteiger partial charge in [0.15, 0.2) is 0 Å². The molecule has 1 aliphatic carbocycles. The van der Waals surface area contributed by atoms with Gasteiger partial charge in [0, 0.05) is 19.1 Å². The molecule has 3 atom stereocenters. The zero-order chi connectivity index (χ0) is 16.8. The fraction of sp³-hybridized carbons (Fsp3) is 0.600. The first-order chi connectivity index (χ1) is 10.7. The summed E-state index contributed by atoms with van der Waals surface area (Å²) in [6, 6.07) is 3.67. The summed E-state index contributed by atoms with van der Waals surface area (Å²) in [6.45, 7) is 0.761. The van der Waals surface area contributed by atoms with Crippen molar-refractivity contribution in [3.63, 3.8) is 0 Å². The van der Waals surface area contributed by atoms with Crippen LogP contribution in [0.3, 0.4) is 0 Å². The van der Waals surface area contributed by atoms with Crippen molar-refractivity contribution in [1.29, 1.82) is 0 Å². The number of rotatable bonds is 2. The van der Waals surface area contributed by atoms with Crippen LogP contribution in [0.4, 0.5) is 13.2 Å². The van der Waals surface area contributed by atoms with E-state index >= 15 is 0 Å². The van der Waals surface area contributed by atoms with Gasteiger partial charge in [0.25, 0.3) is 0 Å². The number of hydrogen-bond donors (Lipinski definition) is 1. The number of sulfonamides is 1. The smallest absolute Gasteiger partial charge is 0.327 e. The molecule has 1 saturated heterocycles. The monoisotopic (exact) mass is 384 g/mol. The van der Waals surface area contributed by atoms with Crippen molar-refractivity contribution in [1.82, 2.24) is 4.31 Å². The largest absolute Gasteiger partial charge is 0.416 e. The molecule has 0 aromatic heterocycles. The van der Waals surface area contributed by atoms with Gasteiger partial charge < -0.3 is 5.73 Å². The third-order valence-electron chi connectivity index (χ3n) is 4.94.